The third-order valence-electron chi connectivity index (χ3n) is 4.30. The molecule has 1 aromatic carbocycles. The molecule has 0 atom stereocenters. The summed E-state index contributed by atoms with van der Waals surface area (Å²) in [7, 11) is 1.59. The summed E-state index contributed by atoms with van der Waals surface area (Å²) in [5.74, 6) is 0.975. The first kappa shape index (κ1) is 16.0. The van der Waals surface area contributed by atoms with E-state index in [9.17, 15) is 4.39 Å². The third-order valence-corrected chi connectivity index (χ3v) is 4.30. The SMILES string of the molecule is COc1cc2cc(F)c(C)nc2cc1OCCCN1CCCC1. The molecular weight excluding hydrogens is 295 g/mol. The lowest BCUT2D eigenvalue weighted by Gasteiger charge is -2.15. The Morgan fingerprint density at radius 2 is 1.96 bits per heavy atom. The Hall–Kier alpha value is -1.88. The zero-order valence-electron chi connectivity index (χ0n) is 13.8. The molecule has 2 aromatic rings. The number of halogens is 1. The highest BCUT2D eigenvalue weighted by Crippen LogP contribution is 2.32. The molecular formula is C18H23FN2O2. The predicted octanol–water partition coefficient (Wildman–Crippen LogP) is 3.56. The maximum atomic E-state index is 13.6. The standard InChI is InChI=1S/C18H23FN2O2/c1-13-15(19)10-14-11-17(22-2)18(12-16(14)20-13)23-9-5-8-21-6-3-4-7-21/h10-12H,3-9H2,1-2H3. The number of methoxy groups -OCH3 is 1. The summed E-state index contributed by atoms with van der Waals surface area (Å²) >= 11 is 0. The Morgan fingerprint density at radius 1 is 1.17 bits per heavy atom. The molecule has 1 fully saturated rings. The summed E-state index contributed by atoms with van der Waals surface area (Å²) in [6, 6.07) is 5.09. The van der Waals surface area contributed by atoms with E-state index in [-0.39, 0.29) is 5.82 Å². The molecule has 3 rings (SSSR count). The number of likely N-dealkylation sites (tertiary alicyclic amines) is 1. The maximum absolute atomic E-state index is 13.6. The lowest BCUT2D eigenvalue weighted by Crippen LogP contribution is -2.21. The van der Waals surface area contributed by atoms with Crippen molar-refractivity contribution in [3.8, 4) is 11.5 Å². The quantitative estimate of drug-likeness (QED) is 0.763. The van der Waals surface area contributed by atoms with Crippen LogP contribution in [0.3, 0.4) is 0 Å². The van der Waals surface area contributed by atoms with Gasteiger partial charge in [-0.3, -0.25) is 0 Å². The van der Waals surface area contributed by atoms with Gasteiger partial charge in [-0.2, -0.15) is 0 Å². The van der Waals surface area contributed by atoms with Crippen molar-refractivity contribution < 1.29 is 13.9 Å². The fourth-order valence-corrected chi connectivity index (χ4v) is 3.00. The van der Waals surface area contributed by atoms with Gasteiger partial charge in [0, 0.05) is 18.0 Å². The van der Waals surface area contributed by atoms with Gasteiger partial charge in [0.1, 0.15) is 5.82 Å². The van der Waals surface area contributed by atoms with Gasteiger partial charge in [0.05, 0.1) is 24.9 Å². The van der Waals surface area contributed by atoms with E-state index in [0.717, 1.165) is 23.9 Å². The molecule has 0 amide bonds. The fraction of sp³-hybridized carbons (Fsp3) is 0.500. The first-order chi connectivity index (χ1) is 11.2. The average molecular weight is 318 g/mol. The Bertz CT molecular complexity index is 684. The number of rotatable bonds is 6. The fourth-order valence-electron chi connectivity index (χ4n) is 3.00. The molecule has 0 unspecified atom stereocenters. The van der Waals surface area contributed by atoms with E-state index in [0.29, 0.717) is 23.8 Å². The van der Waals surface area contributed by atoms with E-state index in [1.807, 2.05) is 6.07 Å². The average Bonchev–Trinajstić information content (AvgIpc) is 3.05. The number of nitrogens with zero attached hydrogens (tertiary/aromatic N) is 2. The molecule has 1 saturated heterocycles. The van der Waals surface area contributed by atoms with Crippen molar-refractivity contribution >= 4 is 10.9 Å². The van der Waals surface area contributed by atoms with Gasteiger partial charge in [-0.25, -0.2) is 9.37 Å². The van der Waals surface area contributed by atoms with Crippen LogP contribution in [0.4, 0.5) is 4.39 Å². The highest BCUT2D eigenvalue weighted by atomic mass is 19.1. The number of hydrogen-bond donors (Lipinski definition) is 0. The maximum Gasteiger partial charge on any atom is 0.163 e. The Balaban J connectivity index is 1.69. The highest BCUT2D eigenvalue weighted by Gasteiger charge is 2.12. The second-order valence-corrected chi connectivity index (χ2v) is 6.00. The van der Waals surface area contributed by atoms with E-state index in [2.05, 4.69) is 9.88 Å². The van der Waals surface area contributed by atoms with Crippen LogP contribution in [0.1, 0.15) is 25.0 Å². The largest absolute Gasteiger partial charge is 0.493 e. The zero-order valence-corrected chi connectivity index (χ0v) is 13.8. The van der Waals surface area contributed by atoms with Gasteiger partial charge in [0.2, 0.25) is 0 Å². The molecule has 2 heterocycles. The summed E-state index contributed by atoms with van der Waals surface area (Å²) in [6.45, 7) is 5.77. The molecule has 124 valence electrons. The molecule has 0 radical (unpaired) electrons. The minimum absolute atomic E-state index is 0.307. The Labute approximate surface area is 136 Å². The van der Waals surface area contributed by atoms with Crippen LogP contribution in [0.2, 0.25) is 0 Å². The van der Waals surface area contributed by atoms with Crippen molar-refractivity contribution in [2.24, 2.45) is 0 Å². The van der Waals surface area contributed by atoms with Gasteiger partial charge in [0.25, 0.3) is 0 Å². The molecule has 1 aliphatic heterocycles. The minimum Gasteiger partial charge on any atom is -0.493 e. The van der Waals surface area contributed by atoms with Gasteiger partial charge in [0.15, 0.2) is 11.5 Å². The smallest absolute Gasteiger partial charge is 0.163 e. The zero-order chi connectivity index (χ0) is 16.2. The van der Waals surface area contributed by atoms with Crippen molar-refractivity contribution in [3.63, 3.8) is 0 Å². The van der Waals surface area contributed by atoms with Gasteiger partial charge in [-0.15, -0.1) is 0 Å². The first-order valence-electron chi connectivity index (χ1n) is 8.17. The van der Waals surface area contributed by atoms with Crippen LogP contribution >= 0.6 is 0 Å². The molecule has 0 saturated carbocycles. The summed E-state index contributed by atoms with van der Waals surface area (Å²) in [5, 5.41) is 0.717. The normalized spacial score (nSPS) is 15.3. The topological polar surface area (TPSA) is 34.6 Å². The van der Waals surface area contributed by atoms with Crippen molar-refractivity contribution in [3.05, 3.63) is 29.7 Å². The Morgan fingerprint density at radius 3 is 2.70 bits per heavy atom. The molecule has 1 aromatic heterocycles. The van der Waals surface area contributed by atoms with Crippen molar-refractivity contribution in [2.45, 2.75) is 26.2 Å². The van der Waals surface area contributed by atoms with Crippen LogP contribution in [-0.4, -0.2) is 43.2 Å². The van der Waals surface area contributed by atoms with Crippen molar-refractivity contribution in [1.29, 1.82) is 0 Å². The van der Waals surface area contributed by atoms with Crippen LogP contribution in [0.25, 0.3) is 10.9 Å². The van der Waals surface area contributed by atoms with Gasteiger partial charge >= 0.3 is 0 Å². The summed E-state index contributed by atoms with van der Waals surface area (Å²) in [6.07, 6.45) is 3.60. The van der Waals surface area contributed by atoms with Crippen LogP contribution in [0.5, 0.6) is 11.5 Å². The molecule has 0 spiro atoms. The summed E-state index contributed by atoms with van der Waals surface area (Å²) in [4.78, 5) is 6.75. The molecule has 0 aliphatic carbocycles. The third kappa shape index (κ3) is 3.72. The summed E-state index contributed by atoms with van der Waals surface area (Å²) in [5.41, 5.74) is 1.11. The molecule has 4 nitrogen and oxygen atoms in total. The molecule has 0 N–H and O–H groups in total. The number of pyridine rings is 1. The number of fused-ring (bicyclic) bond motifs is 1. The number of ether oxygens (including phenoxy) is 2. The van der Waals surface area contributed by atoms with Crippen LogP contribution < -0.4 is 9.47 Å². The molecule has 23 heavy (non-hydrogen) atoms. The van der Waals surface area contributed by atoms with Gasteiger partial charge < -0.3 is 14.4 Å². The molecule has 0 bridgehead atoms. The minimum atomic E-state index is -0.307. The van der Waals surface area contributed by atoms with Crippen molar-refractivity contribution in [1.82, 2.24) is 9.88 Å². The Kier molecular flexibility index (Phi) is 4.96. The monoisotopic (exact) mass is 318 g/mol. The van der Waals surface area contributed by atoms with Gasteiger partial charge in [-0.05, 0) is 51.4 Å². The van der Waals surface area contributed by atoms with Crippen LogP contribution in [0.15, 0.2) is 18.2 Å². The second kappa shape index (κ2) is 7.13. The predicted molar refractivity (Wildman–Crippen MR) is 88.8 cm³/mol. The van der Waals surface area contributed by atoms with E-state index in [1.165, 1.54) is 32.0 Å². The van der Waals surface area contributed by atoms with Crippen LogP contribution in [-0.2, 0) is 0 Å². The number of aryl methyl sites for hydroxylation is 1. The number of hydrogen-bond acceptors (Lipinski definition) is 4. The highest BCUT2D eigenvalue weighted by molar-refractivity contribution is 5.82. The van der Waals surface area contributed by atoms with E-state index in [1.54, 1.807) is 20.1 Å². The lowest BCUT2D eigenvalue weighted by atomic mass is 10.1. The van der Waals surface area contributed by atoms with Gasteiger partial charge in [-0.1, -0.05) is 0 Å². The number of aromatic nitrogens is 1. The molecule has 5 heteroatoms. The van der Waals surface area contributed by atoms with Crippen molar-refractivity contribution in [2.75, 3.05) is 33.4 Å². The van der Waals surface area contributed by atoms with Crippen LogP contribution in [0, 0.1) is 12.7 Å². The first-order valence-corrected chi connectivity index (χ1v) is 8.17. The molecule has 1 aliphatic rings. The second-order valence-electron chi connectivity index (χ2n) is 6.00. The number of benzene rings is 1. The van der Waals surface area contributed by atoms with E-state index in [4.69, 9.17) is 9.47 Å². The lowest BCUT2D eigenvalue weighted by molar-refractivity contribution is 0.254. The van der Waals surface area contributed by atoms with E-state index >= 15 is 0 Å². The summed E-state index contributed by atoms with van der Waals surface area (Å²) < 4.78 is 24.9. The van der Waals surface area contributed by atoms with E-state index < -0.39 is 0 Å².